The van der Waals surface area contributed by atoms with Crippen LogP contribution in [0.3, 0.4) is 0 Å². The fraction of sp³-hybridized carbons (Fsp3) is 0.640. The van der Waals surface area contributed by atoms with Gasteiger partial charge in [-0.05, 0) is 56.6 Å². The smallest absolute Gasteiger partial charge is 0.409 e. The number of nitrogens with one attached hydrogen (secondary N) is 1. The highest BCUT2D eigenvalue weighted by atomic mass is 16.6. The molecule has 1 aliphatic carbocycles. The average molecular weight is 458 g/mol. The molecule has 8 heteroatoms. The number of likely N-dealkylation sites (tertiary alicyclic amines) is 2. The summed E-state index contributed by atoms with van der Waals surface area (Å²) in [5.41, 5.74) is 0.0625. The number of rotatable bonds is 7. The summed E-state index contributed by atoms with van der Waals surface area (Å²) in [6.07, 6.45) is 4.32. The fourth-order valence-corrected chi connectivity index (χ4v) is 5.13. The molecule has 2 aliphatic heterocycles. The maximum atomic E-state index is 12.8. The average Bonchev–Trinajstić information content (AvgIpc) is 3.54. The van der Waals surface area contributed by atoms with E-state index >= 15 is 0 Å². The number of hydrogen-bond acceptors (Lipinski definition) is 5. The predicted molar refractivity (Wildman–Crippen MR) is 123 cm³/mol. The summed E-state index contributed by atoms with van der Waals surface area (Å²) in [5, 5.41) is 3.21. The molecule has 0 aromatic heterocycles. The standard InChI is InChI=1S/C25H35N3O5/c1-2-32-24(31)28-13-8-19(9-14-28)26-23(30)21-18-25(21)11-15-27(16-12-25)22(29)10-17-33-20-6-4-3-5-7-20/h3-7,19,21H,2,8-18H2,1H3,(H,26,30)/t21-/m0/s1. The zero-order valence-corrected chi connectivity index (χ0v) is 19.5. The molecular formula is C25H35N3O5. The number of carbonyl (C=O) groups excluding carboxylic acids is 3. The second kappa shape index (κ2) is 10.4. The zero-order valence-electron chi connectivity index (χ0n) is 19.5. The lowest BCUT2D eigenvalue weighted by Gasteiger charge is -2.34. The molecule has 3 amide bonds. The van der Waals surface area contributed by atoms with Crippen molar-refractivity contribution in [3.8, 4) is 5.75 Å². The van der Waals surface area contributed by atoms with Crippen LogP contribution in [-0.4, -0.2) is 73.1 Å². The second-order valence-electron chi connectivity index (χ2n) is 9.38. The summed E-state index contributed by atoms with van der Waals surface area (Å²) >= 11 is 0. The molecule has 180 valence electrons. The van der Waals surface area contributed by atoms with Crippen LogP contribution in [0.5, 0.6) is 5.75 Å². The van der Waals surface area contributed by atoms with Crippen molar-refractivity contribution < 1.29 is 23.9 Å². The van der Waals surface area contributed by atoms with E-state index in [0.717, 1.165) is 37.9 Å². The SMILES string of the molecule is CCOC(=O)N1CCC(NC(=O)[C@@H]2CC23CCN(C(=O)CCOc2ccccc2)CC3)CC1. The fourth-order valence-electron chi connectivity index (χ4n) is 5.13. The van der Waals surface area contributed by atoms with Crippen LogP contribution in [0.4, 0.5) is 4.79 Å². The van der Waals surface area contributed by atoms with Crippen molar-refractivity contribution in [3.63, 3.8) is 0 Å². The molecule has 2 heterocycles. The summed E-state index contributed by atoms with van der Waals surface area (Å²) in [4.78, 5) is 40.8. The first-order valence-electron chi connectivity index (χ1n) is 12.2. The lowest BCUT2D eigenvalue weighted by Crippen LogP contribution is -2.47. The molecule has 1 saturated carbocycles. The molecule has 0 bridgehead atoms. The Hall–Kier alpha value is -2.77. The van der Waals surface area contributed by atoms with E-state index in [0.29, 0.717) is 45.8 Å². The van der Waals surface area contributed by atoms with Gasteiger partial charge in [0.05, 0.1) is 19.6 Å². The topological polar surface area (TPSA) is 88.2 Å². The van der Waals surface area contributed by atoms with Crippen molar-refractivity contribution in [2.45, 2.75) is 51.5 Å². The van der Waals surface area contributed by atoms with Crippen LogP contribution in [0.1, 0.15) is 45.4 Å². The summed E-state index contributed by atoms with van der Waals surface area (Å²) < 4.78 is 10.7. The Morgan fingerprint density at radius 3 is 2.39 bits per heavy atom. The molecule has 3 aliphatic rings. The highest BCUT2D eigenvalue weighted by Gasteiger charge is 2.58. The number of amides is 3. The molecule has 0 radical (unpaired) electrons. The number of nitrogens with zero attached hydrogens (tertiary/aromatic N) is 2. The van der Waals surface area contributed by atoms with Gasteiger partial charge in [-0.1, -0.05) is 18.2 Å². The van der Waals surface area contributed by atoms with Gasteiger partial charge in [-0.25, -0.2) is 4.79 Å². The van der Waals surface area contributed by atoms with Crippen LogP contribution in [0.2, 0.25) is 0 Å². The molecule has 2 saturated heterocycles. The first-order chi connectivity index (χ1) is 16.0. The molecule has 1 aromatic rings. The van der Waals surface area contributed by atoms with Crippen LogP contribution in [0.25, 0.3) is 0 Å². The van der Waals surface area contributed by atoms with Crippen LogP contribution < -0.4 is 10.1 Å². The highest BCUT2D eigenvalue weighted by molar-refractivity contribution is 5.83. The van der Waals surface area contributed by atoms with E-state index in [1.165, 1.54) is 0 Å². The Balaban J connectivity index is 1.14. The van der Waals surface area contributed by atoms with Gasteiger partial charge in [0.2, 0.25) is 11.8 Å². The largest absolute Gasteiger partial charge is 0.493 e. The molecule has 3 fully saturated rings. The van der Waals surface area contributed by atoms with Gasteiger partial charge in [-0.15, -0.1) is 0 Å². The molecule has 1 atom stereocenters. The Bertz CT molecular complexity index is 830. The lowest BCUT2D eigenvalue weighted by atomic mass is 9.90. The monoisotopic (exact) mass is 457 g/mol. The maximum Gasteiger partial charge on any atom is 0.409 e. The van der Waals surface area contributed by atoms with Gasteiger partial charge >= 0.3 is 6.09 Å². The van der Waals surface area contributed by atoms with Gasteiger partial charge in [-0.2, -0.15) is 0 Å². The number of benzene rings is 1. The quantitative estimate of drug-likeness (QED) is 0.680. The van der Waals surface area contributed by atoms with Gasteiger partial charge in [0.15, 0.2) is 0 Å². The Morgan fingerprint density at radius 1 is 1.03 bits per heavy atom. The van der Waals surface area contributed by atoms with E-state index in [4.69, 9.17) is 9.47 Å². The third kappa shape index (κ3) is 5.78. The van der Waals surface area contributed by atoms with E-state index in [-0.39, 0.29) is 35.3 Å². The van der Waals surface area contributed by atoms with Gasteiger partial charge in [0.1, 0.15) is 5.75 Å². The second-order valence-corrected chi connectivity index (χ2v) is 9.38. The third-order valence-corrected chi connectivity index (χ3v) is 7.31. The molecule has 0 unspecified atom stereocenters. The van der Waals surface area contributed by atoms with Gasteiger partial charge in [-0.3, -0.25) is 9.59 Å². The minimum Gasteiger partial charge on any atom is -0.493 e. The van der Waals surface area contributed by atoms with Crippen LogP contribution in [0, 0.1) is 11.3 Å². The summed E-state index contributed by atoms with van der Waals surface area (Å²) in [5.74, 6) is 1.09. The summed E-state index contributed by atoms with van der Waals surface area (Å²) in [6, 6.07) is 9.65. The van der Waals surface area contributed by atoms with Crippen LogP contribution >= 0.6 is 0 Å². The first-order valence-corrected chi connectivity index (χ1v) is 12.2. The van der Waals surface area contributed by atoms with Gasteiger partial charge < -0.3 is 24.6 Å². The number of hydrogen-bond donors (Lipinski definition) is 1. The van der Waals surface area contributed by atoms with E-state index in [1.54, 1.807) is 11.8 Å². The maximum absolute atomic E-state index is 12.8. The van der Waals surface area contributed by atoms with E-state index in [2.05, 4.69) is 5.32 Å². The normalized spacial score (nSPS) is 22.0. The molecule has 33 heavy (non-hydrogen) atoms. The predicted octanol–water partition coefficient (Wildman–Crippen LogP) is 2.82. The van der Waals surface area contributed by atoms with Crippen molar-refractivity contribution in [2.24, 2.45) is 11.3 Å². The molecular weight excluding hydrogens is 422 g/mol. The minimum atomic E-state index is -0.267. The first kappa shape index (κ1) is 23.4. The molecule has 1 N–H and O–H groups in total. The third-order valence-electron chi connectivity index (χ3n) is 7.31. The van der Waals surface area contributed by atoms with Crippen molar-refractivity contribution in [1.82, 2.24) is 15.1 Å². The van der Waals surface area contributed by atoms with Crippen molar-refractivity contribution in [2.75, 3.05) is 39.4 Å². The number of carbonyl (C=O) groups is 3. The Labute approximate surface area is 195 Å². The Kier molecular flexibility index (Phi) is 7.40. The van der Waals surface area contributed by atoms with Crippen LogP contribution in [0.15, 0.2) is 30.3 Å². The number of piperidine rings is 2. The Morgan fingerprint density at radius 2 is 1.73 bits per heavy atom. The summed E-state index contributed by atoms with van der Waals surface area (Å²) in [7, 11) is 0. The lowest BCUT2D eigenvalue weighted by molar-refractivity contribution is -0.133. The van der Waals surface area contributed by atoms with Crippen molar-refractivity contribution in [3.05, 3.63) is 30.3 Å². The van der Waals surface area contributed by atoms with Crippen molar-refractivity contribution in [1.29, 1.82) is 0 Å². The van der Waals surface area contributed by atoms with E-state index in [9.17, 15) is 14.4 Å². The van der Waals surface area contributed by atoms with Gasteiger partial charge in [0, 0.05) is 38.1 Å². The number of para-hydroxylation sites is 1. The van der Waals surface area contributed by atoms with Crippen LogP contribution in [-0.2, 0) is 14.3 Å². The molecule has 8 nitrogen and oxygen atoms in total. The zero-order chi connectivity index (χ0) is 23.3. The molecule has 4 rings (SSSR count). The minimum absolute atomic E-state index is 0.0549. The molecule has 1 spiro atoms. The highest BCUT2D eigenvalue weighted by Crippen LogP contribution is 2.59. The van der Waals surface area contributed by atoms with E-state index < -0.39 is 0 Å². The number of ether oxygens (including phenoxy) is 2. The summed E-state index contributed by atoms with van der Waals surface area (Å²) in [6.45, 7) is 5.22. The van der Waals surface area contributed by atoms with Gasteiger partial charge in [0.25, 0.3) is 0 Å². The van der Waals surface area contributed by atoms with E-state index in [1.807, 2.05) is 35.2 Å². The van der Waals surface area contributed by atoms with Crippen molar-refractivity contribution >= 4 is 17.9 Å². The molecule has 1 aromatic carbocycles.